The fraction of sp³-hybridized carbons (Fsp3) is 0.143. The van der Waals surface area contributed by atoms with Gasteiger partial charge in [-0.1, -0.05) is 12.1 Å². The Morgan fingerprint density at radius 1 is 1.35 bits per heavy atom. The molecule has 0 aliphatic carbocycles. The minimum atomic E-state index is -0.540. The van der Waals surface area contributed by atoms with Crippen molar-refractivity contribution >= 4 is 23.8 Å². The normalized spacial score (nSPS) is 16.8. The van der Waals surface area contributed by atoms with E-state index in [0.29, 0.717) is 11.1 Å². The molecule has 1 heterocycles. The summed E-state index contributed by atoms with van der Waals surface area (Å²) < 4.78 is 0. The molecule has 0 saturated carbocycles. The molecule has 1 aromatic rings. The fourth-order valence-corrected chi connectivity index (χ4v) is 1.78. The van der Waals surface area contributed by atoms with Crippen LogP contribution in [0.4, 0.5) is 0 Å². The molecule has 20 heavy (non-hydrogen) atoms. The Kier molecular flexibility index (Phi) is 3.62. The molecule has 1 saturated heterocycles. The zero-order valence-electron chi connectivity index (χ0n) is 10.7. The van der Waals surface area contributed by atoms with Crippen LogP contribution in [0, 0.1) is 11.3 Å². The number of carbonyl (C=O) groups excluding carboxylic acids is 3. The van der Waals surface area contributed by atoms with Crippen LogP contribution in [0.25, 0.3) is 6.08 Å². The van der Waals surface area contributed by atoms with E-state index in [1.165, 1.54) is 13.0 Å². The van der Waals surface area contributed by atoms with E-state index in [9.17, 15) is 14.4 Å². The molecular weight excluding hydrogens is 258 g/mol. The van der Waals surface area contributed by atoms with Gasteiger partial charge in [-0.05, 0) is 23.8 Å². The van der Waals surface area contributed by atoms with Crippen LogP contribution in [0.15, 0.2) is 30.0 Å². The average molecular weight is 269 g/mol. The Hall–Kier alpha value is -2.94. The first-order valence-electron chi connectivity index (χ1n) is 5.85. The van der Waals surface area contributed by atoms with Gasteiger partial charge in [0.2, 0.25) is 11.8 Å². The standard InChI is InChI=1S/C14H11N3O3/c1-9(18)17-8-13(19)16-12(14(17)20)6-10-2-4-11(7-15)5-3-10/h2-6H,8H2,1H3,(H,16,19)/b12-6-. The maximum absolute atomic E-state index is 12.0. The summed E-state index contributed by atoms with van der Waals surface area (Å²) in [7, 11) is 0. The van der Waals surface area contributed by atoms with Crippen LogP contribution >= 0.6 is 0 Å². The van der Waals surface area contributed by atoms with Crippen molar-refractivity contribution in [3.63, 3.8) is 0 Å². The monoisotopic (exact) mass is 269 g/mol. The first kappa shape index (κ1) is 13.5. The first-order valence-corrected chi connectivity index (χ1v) is 5.85. The molecular formula is C14H11N3O3. The van der Waals surface area contributed by atoms with Crippen molar-refractivity contribution < 1.29 is 14.4 Å². The molecule has 0 unspecified atom stereocenters. The van der Waals surface area contributed by atoms with Crippen LogP contribution in [0.5, 0.6) is 0 Å². The smallest absolute Gasteiger partial charge is 0.277 e. The predicted molar refractivity (Wildman–Crippen MR) is 69.7 cm³/mol. The summed E-state index contributed by atoms with van der Waals surface area (Å²) in [4.78, 5) is 35.7. The Labute approximate surface area is 115 Å². The van der Waals surface area contributed by atoms with E-state index in [-0.39, 0.29) is 12.2 Å². The lowest BCUT2D eigenvalue weighted by Crippen LogP contribution is -2.51. The number of imide groups is 1. The van der Waals surface area contributed by atoms with Gasteiger partial charge in [0, 0.05) is 6.92 Å². The van der Waals surface area contributed by atoms with E-state index in [0.717, 1.165) is 4.90 Å². The maximum Gasteiger partial charge on any atom is 0.277 e. The number of nitrogens with zero attached hydrogens (tertiary/aromatic N) is 2. The van der Waals surface area contributed by atoms with E-state index >= 15 is 0 Å². The van der Waals surface area contributed by atoms with E-state index in [2.05, 4.69) is 5.32 Å². The quantitative estimate of drug-likeness (QED) is 0.747. The van der Waals surface area contributed by atoms with Gasteiger partial charge in [0.05, 0.1) is 11.6 Å². The number of nitrogens with one attached hydrogen (secondary N) is 1. The topological polar surface area (TPSA) is 90.3 Å². The van der Waals surface area contributed by atoms with E-state index in [1.807, 2.05) is 6.07 Å². The Balaban J connectivity index is 2.31. The second kappa shape index (κ2) is 5.36. The third-order valence-corrected chi connectivity index (χ3v) is 2.78. The van der Waals surface area contributed by atoms with Crippen molar-refractivity contribution in [2.45, 2.75) is 6.92 Å². The summed E-state index contributed by atoms with van der Waals surface area (Å²) >= 11 is 0. The Morgan fingerprint density at radius 2 is 2.00 bits per heavy atom. The van der Waals surface area contributed by atoms with Crippen molar-refractivity contribution in [2.75, 3.05) is 6.54 Å². The summed E-state index contributed by atoms with van der Waals surface area (Å²) in [6.45, 7) is 0.967. The second-order valence-corrected chi connectivity index (χ2v) is 4.25. The number of rotatable bonds is 1. The van der Waals surface area contributed by atoms with Crippen LogP contribution < -0.4 is 5.32 Å². The molecule has 100 valence electrons. The van der Waals surface area contributed by atoms with Crippen molar-refractivity contribution in [3.05, 3.63) is 41.1 Å². The van der Waals surface area contributed by atoms with Gasteiger partial charge < -0.3 is 5.32 Å². The lowest BCUT2D eigenvalue weighted by Gasteiger charge is -2.25. The predicted octanol–water partition coefficient (Wildman–Crippen LogP) is 0.404. The van der Waals surface area contributed by atoms with E-state index in [1.54, 1.807) is 24.3 Å². The SMILES string of the molecule is CC(=O)N1CC(=O)N/C(=C\c2ccc(C#N)cc2)C1=O. The minimum Gasteiger partial charge on any atom is -0.320 e. The van der Waals surface area contributed by atoms with Gasteiger partial charge in [0.15, 0.2) is 0 Å². The van der Waals surface area contributed by atoms with Crippen LogP contribution in [-0.4, -0.2) is 29.2 Å². The molecule has 0 bridgehead atoms. The molecule has 0 aromatic heterocycles. The molecule has 6 nitrogen and oxygen atoms in total. The molecule has 1 aromatic carbocycles. The second-order valence-electron chi connectivity index (χ2n) is 4.25. The zero-order chi connectivity index (χ0) is 14.7. The van der Waals surface area contributed by atoms with E-state index < -0.39 is 17.7 Å². The highest BCUT2D eigenvalue weighted by molar-refractivity contribution is 6.12. The van der Waals surface area contributed by atoms with Crippen LogP contribution in [0.1, 0.15) is 18.1 Å². The summed E-state index contributed by atoms with van der Waals surface area (Å²) in [6, 6.07) is 8.49. The molecule has 1 aliphatic heterocycles. The van der Waals surface area contributed by atoms with Crippen molar-refractivity contribution in [1.29, 1.82) is 5.26 Å². The first-order chi connectivity index (χ1) is 9.51. The highest BCUT2D eigenvalue weighted by atomic mass is 16.2. The average Bonchev–Trinajstić information content (AvgIpc) is 2.43. The van der Waals surface area contributed by atoms with Gasteiger partial charge in [-0.25, -0.2) is 0 Å². The molecule has 0 atom stereocenters. The maximum atomic E-state index is 12.0. The number of amides is 3. The molecule has 1 N–H and O–H groups in total. The number of hydrogen-bond donors (Lipinski definition) is 1. The largest absolute Gasteiger partial charge is 0.320 e. The molecule has 3 amide bonds. The third kappa shape index (κ3) is 2.72. The number of hydrogen-bond acceptors (Lipinski definition) is 4. The summed E-state index contributed by atoms with van der Waals surface area (Å²) in [5.74, 6) is -1.43. The molecule has 1 fully saturated rings. The molecule has 0 radical (unpaired) electrons. The molecule has 0 spiro atoms. The Morgan fingerprint density at radius 3 is 2.55 bits per heavy atom. The Bertz CT molecular complexity index is 653. The number of nitriles is 1. The summed E-state index contributed by atoms with van der Waals surface area (Å²) in [5.41, 5.74) is 1.19. The number of carbonyl (C=O) groups is 3. The molecule has 6 heteroatoms. The third-order valence-electron chi connectivity index (χ3n) is 2.78. The zero-order valence-corrected chi connectivity index (χ0v) is 10.7. The van der Waals surface area contributed by atoms with Gasteiger partial charge in [0.25, 0.3) is 5.91 Å². The molecule has 1 aliphatic rings. The highest BCUT2D eigenvalue weighted by Crippen LogP contribution is 2.12. The van der Waals surface area contributed by atoms with Crippen LogP contribution in [0.3, 0.4) is 0 Å². The van der Waals surface area contributed by atoms with Gasteiger partial charge in [-0.3, -0.25) is 19.3 Å². The lowest BCUT2D eigenvalue weighted by atomic mass is 10.1. The van der Waals surface area contributed by atoms with Gasteiger partial charge in [0.1, 0.15) is 12.2 Å². The number of piperazine rings is 1. The molecule has 2 rings (SSSR count). The summed E-state index contributed by atoms with van der Waals surface area (Å²) in [6.07, 6.45) is 1.47. The van der Waals surface area contributed by atoms with Crippen LogP contribution in [0.2, 0.25) is 0 Å². The van der Waals surface area contributed by atoms with Gasteiger partial charge >= 0.3 is 0 Å². The van der Waals surface area contributed by atoms with Crippen molar-refractivity contribution in [3.8, 4) is 6.07 Å². The van der Waals surface area contributed by atoms with Gasteiger partial charge in [-0.15, -0.1) is 0 Å². The highest BCUT2D eigenvalue weighted by Gasteiger charge is 2.30. The van der Waals surface area contributed by atoms with E-state index in [4.69, 9.17) is 5.26 Å². The lowest BCUT2D eigenvalue weighted by molar-refractivity contribution is -0.147. The van der Waals surface area contributed by atoms with Crippen molar-refractivity contribution in [1.82, 2.24) is 10.2 Å². The summed E-state index contributed by atoms with van der Waals surface area (Å²) in [5, 5.41) is 11.1. The number of benzene rings is 1. The van der Waals surface area contributed by atoms with Gasteiger partial charge in [-0.2, -0.15) is 5.26 Å². The minimum absolute atomic E-state index is 0.0427. The fourth-order valence-electron chi connectivity index (χ4n) is 1.78. The van der Waals surface area contributed by atoms with Crippen LogP contribution in [-0.2, 0) is 14.4 Å². The van der Waals surface area contributed by atoms with Crippen molar-refractivity contribution in [2.24, 2.45) is 0 Å².